The fraction of sp³-hybridized carbons (Fsp3) is 0.316. The van der Waals surface area contributed by atoms with Gasteiger partial charge in [-0.3, -0.25) is 4.79 Å². The normalized spacial score (nSPS) is 19.1. The predicted molar refractivity (Wildman–Crippen MR) is 96.9 cm³/mol. The zero-order valence-electron chi connectivity index (χ0n) is 13.5. The zero-order chi connectivity index (χ0) is 17.4. The van der Waals surface area contributed by atoms with Crippen LogP contribution >= 0.6 is 23.2 Å². The van der Waals surface area contributed by atoms with E-state index in [0.717, 1.165) is 29.9 Å². The van der Waals surface area contributed by atoms with E-state index in [0.29, 0.717) is 35.4 Å². The molecule has 1 fully saturated rings. The minimum atomic E-state index is -0.0539. The second-order valence-electron chi connectivity index (χ2n) is 6.22. The molecule has 0 N–H and O–H groups in total. The van der Waals surface area contributed by atoms with Crippen molar-refractivity contribution in [3.8, 4) is 11.5 Å². The highest BCUT2D eigenvalue weighted by atomic mass is 35.5. The first kappa shape index (κ1) is 16.6. The number of hydrogen-bond acceptors (Lipinski definition) is 3. The molecule has 0 spiro atoms. The molecule has 2 heterocycles. The number of ether oxygens (including phenoxy) is 2. The summed E-state index contributed by atoms with van der Waals surface area (Å²) < 4.78 is 11.2. The molecule has 2 aliphatic rings. The number of fused-ring (bicyclic) bond motifs is 1. The van der Waals surface area contributed by atoms with Gasteiger partial charge in [-0.05, 0) is 48.7 Å². The molecule has 0 aliphatic carbocycles. The molecule has 1 saturated heterocycles. The molecule has 4 nitrogen and oxygen atoms in total. The summed E-state index contributed by atoms with van der Waals surface area (Å²) in [5, 5.41) is 0.928. The van der Waals surface area contributed by atoms with Crippen molar-refractivity contribution in [1.82, 2.24) is 4.90 Å². The Kier molecular flexibility index (Phi) is 4.48. The highest BCUT2D eigenvalue weighted by Gasteiger charge is 2.31. The third-order valence-electron chi connectivity index (χ3n) is 4.57. The van der Waals surface area contributed by atoms with Crippen LogP contribution in [0.1, 0.15) is 34.8 Å². The lowest BCUT2D eigenvalue weighted by Crippen LogP contribution is -2.30. The fourth-order valence-electron chi connectivity index (χ4n) is 3.47. The Morgan fingerprint density at radius 1 is 1.00 bits per heavy atom. The van der Waals surface area contributed by atoms with Gasteiger partial charge in [-0.25, -0.2) is 0 Å². The monoisotopic (exact) mass is 377 g/mol. The lowest BCUT2D eigenvalue weighted by atomic mass is 10.0. The Morgan fingerprint density at radius 3 is 2.48 bits per heavy atom. The van der Waals surface area contributed by atoms with Crippen molar-refractivity contribution in [2.75, 3.05) is 19.8 Å². The molecule has 1 unspecified atom stereocenters. The molecule has 25 heavy (non-hydrogen) atoms. The second-order valence-corrected chi connectivity index (χ2v) is 7.09. The second kappa shape index (κ2) is 6.77. The van der Waals surface area contributed by atoms with Crippen molar-refractivity contribution >= 4 is 29.1 Å². The molecule has 0 radical (unpaired) electrons. The van der Waals surface area contributed by atoms with Crippen molar-refractivity contribution in [1.29, 1.82) is 0 Å². The van der Waals surface area contributed by atoms with Gasteiger partial charge in [0.15, 0.2) is 11.5 Å². The van der Waals surface area contributed by atoms with Gasteiger partial charge in [-0.2, -0.15) is 0 Å². The summed E-state index contributed by atoms with van der Waals surface area (Å²) in [5.74, 6) is 1.45. The van der Waals surface area contributed by atoms with Crippen LogP contribution in [-0.4, -0.2) is 30.6 Å². The van der Waals surface area contributed by atoms with Gasteiger partial charge < -0.3 is 14.4 Å². The number of rotatable bonds is 2. The zero-order valence-corrected chi connectivity index (χ0v) is 15.0. The van der Waals surface area contributed by atoms with Gasteiger partial charge in [-0.15, -0.1) is 0 Å². The summed E-state index contributed by atoms with van der Waals surface area (Å²) in [5.41, 5.74) is 1.57. The molecule has 0 bridgehead atoms. The molecular weight excluding hydrogens is 361 g/mol. The molecular formula is C19H17Cl2NO3. The number of halogens is 2. The highest BCUT2D eigenvalue weighted by Crippen LogP contribution is 2.38. The highest BCUT2D eigenvalue weighted by molar-refractivity contribution is 6.35. The minimum Gasteiger partial charge on any atom is -0.486 e. The number of hydrogen-bond donors (Lipinski definition) is 0. The quantitative estimate of drug-likeness (QED) is 0.758. The first-order valence-corrected chi connectivity index (χ1v) is 9.04. The largest absolute Gasteiger partial charge is 0.486 e. The average Bonchev–Trinajstić information content (AvgIpc) is 3.09. The van der Waals surface area contributed by atoms with E-state index in [-0.39, 0.29) is 11.9 Å². The molecule has 130 valence electrons. The number of carbonyl (C=O) groups excluding carboxylic acids is 1. The van der Waals surface area contributed by atoms with Gasteiger partial charge in [0.2, 0.25) is 0 Å². The number of amides is 1. The molecule has 2 aromatic carbocycles. The van der Waals surface area contributed by atoms with Gasteiger partial charge in [-0.1, -0.05) is 29.3 Å². The first-order valence-electron chi connectivity index (χ1n) is 8.28. The van der Waals surface area contributed by atoms with Crippen molar-refractivity contribution in [3.63, 3.8) is 0 Å². The van der Waals surface area contributed by atoms with E-state index in [1.165, 1.54) is 0 Å². The Labute approximate surface area is 156 Å². The molecule has 1 atom stereocenters. The van der Waals surface area contributed by atoms with E-state index in [9.17, 15) is 4.79 Å². The van der Waals surface area contributed by atoms with Gasteiger partial charge in [0.05, 0.1) is 6.04 Å². The van der Waals surface area contributed by atoms with E-state index >= 15 is 0 Å². The third-order valence-corrected chi connectivity index (χ3v) is 5.01. The Bertz CT molecular complexity index is 804. The van der Waals surface area contributed by atoms with E-state index in [2.05, 4.69) is 0 Å². The van der Waals surface area contributed by atoms with E-state index in [4.69, 9.17) is 32.7 Å². The SMILES string of the molecule is O=C(c1cc(Cl)cc(Cl)c1)N1CCCC1c1ccc2c(c1)OCCO2. The fourth-order valence-corrected chi connectivity index (χ4v) is 3.99. The van der Waals surface area contributed by atoms with Crippen molar-refractivity contribution in [2.24, 2.45) is 0 Å². The van der Waals surface area contributed by atoms with Crippen LogP contribution in [0.2, 0.25) is 10.0 Å². The van der Waals surface area contributed by atoms with Crippen LogP contribution in [0.4, 0.5) is 0 Å². The topological polar surface area (TPSA) is 38.8 Å². The van der Waals surface area contributed by atoms with Gasteiger partial charge in [0.25, 0.3) is 5.91 Å². The van der Waals surface area contributed by atoms with Crippen LogP contribution < -0.4 is 9.47 Å². The lowest BCUT2D eigenvalue weighted by Gasteiger charge is -2.27. The van der Waals surface area contributed by atoms with Crippen LogP contribution in [0.25, 0.3) is 0 Å². The number of benzene rings is 2. The number of carbonyl (C=O) groups is 1. The number of likely N-dealkylation sites (tertiary alicyclic amines) is 1. The lowest BCUT2D eigenvalue weighted by molar-refractivity contribution is 0.0735. The van der Waals surface area contributed by atoms with Gasteiger partial charge >= 0.3 is 0 Å². The van der Waals surface area contributed by atoms with E-state index in [1.807, 2.05) is 23.1 Å². The summed E-state index contributed by atoms with van der Waals surface area (Å²) in [4.78, 5) is 14.9. The minimum absolute atomic E-state index is 0.0149. The Balaban J connectivity index is 1.63. The Hall–Kier alpha value is -1.91. The molecule has 0 saturated carbocycles. The van der Waals surface area contributed by atoms with Crippen LogP contribution in [-0.2, 0) is 0 Å². The summed E-state index contributed by atoms with van der Waals surface area (Å²) in [6, 6.07) is 10.9. The van der Waals surface area contributed by atoms with Crippen molar-refractivity contribution in [3.05, 3.63) is 57.6 Å². The van der Waals surface area contributed by atoms with Crippen molar-refractivity contribution < 1.29 is 14.3 Å². The van der Waals surface area contributed by atoms with Gasteiger partial charge in [0, 0.05) is 22.2 Å². The smallest absolute Gasteiger partial charge is 0.254 e. The summed E-state index contributed by atoms with van der Waals surface area (Å²) in [6.07, 6.45) is 1.87. The molecule has 4 rings (SSSR count). The van der Waals surface area contributed by atoms with Crippen LogP contribution in [0.15, 0.2) is 36.4 Å². The van der Waals surface area contributed by atoms with Crippen molar-refractivity contribution in [2.45, 2.75) is 18.9 Å². The third kappa shape index (κ3) is 3.29. The number of nitrogens with zero attached hydrogens (tertiary/aromatic N) is 1. The predicted octanol–water partition coefficient (Wildman–Crippen LogP) is 4.74. The summed E-state index contributed by atoms with van der Waals surface area (Å²) in [7, 11) is 0. The molecule has 1 amide bonds. The van der Waals surface area contributed by atoms with E-state index < -0.39 is 0 Å². The molecule has 2 aromatic rings. The standard InChI is InChI=1S/C19H17Cl2NO3/c20-14-8-13(9-15(21)11-14)19(23)22-5-1-2-16(22)12-3-4-17-18(10-12)25-7-6-24-17/h3-4,8-11,16H,1-2,5-7H2. The molecule has 2 aliphatic heterocycles. The maximum Gasteiger partial charge on any atom is 0.254 e. The van der Waals surface area contributed by atoms with E-state index in [1.54, 1.807) is 18.2 Å². The van der Waals surface area contributed by atoms with Gasteiger partial charge in [0.1, 0.15) is 13.2 Å². The maximum atomic E-state index is 13.0. The van der Waals surface area contributed by atoms with Crippen LogP contribution in [0.5, 0.6) is 11.5 Å². The average molecular weight is 378 g/mol. The maximum absolute atomic E-state index is 13.0. The van der Waals surface area contributed by atoms with Crippen LogP contribution in [0, 0.1) is 0 Å². The van der Waals surface area contributed by atoms with Crippen LogP contribution in [0.3, 0.4) is 0 Å². The first-order chi connectivity index (χ1) is 12.1. The Morgan fingerprint density at radius 2 is 1.72 bits per heavy atom. The summed E-state index contributed by atoms with van der Waals surface area (Å²) in [6.45, 7) is 1.82. The summed E-state index contributed by atoms with van der Waals surface area (Å²) >= 11 is 12.1. The molecule has 0 aromatic heterocycles. The molecule has 6 heteroatoms.